The second-order valence-electron chi connectivity index (χ2n) is 4.71. The zero-order valence-corrected chi connectivity index (χ0v) is 13.5. The average molecular weight is 326 g/mol. The van der Waals surface area contributed by atoms with E-state index < -0.39 is 0 Å². The lowest BCUT2D eigenvalue weighted by Gasteiger charge is -1.98. The molecule has 0 aliphatic carbocycles. The molecule has 0 unspecified atom stereocenters. The van der Waals surface area contributed by atoms with Gasteiger partial charge in [0.1, 0.15) is 5.75 Å². The highest BCUT2D eigenvalue weighted by Crippen LogP contribution is 2.29. The Morgan fingerprint density at radius 2 is 2.09 bits per heavy atom. The number of hydrogen-bond donors (Lipinski definition) is 0. The lowest BCUT2D eigenvalue weighted by atomic mass is 10.2. The summed E-state index contributed by atoms with van der Waals surface area (Å²) in [7, 11) is 2.99. The molecule has 0 fully saturated rings. The molecule has 3 rings (SSSR count). The normalized spacial score (nSPS) is 11.0. The van der Waals surface area contributed by atoms with Gasteiger partial charge in [-0.15, -0.1) is 0 Å². The molecule has 0 saturated carbocycles. The molecule has 6 heteroatoms. The summed E-state index contributed by atoms with van der Waals surface area (Å²) in [5, 5.41) is 0.629. The second-order valence-corrected chi connectivity index (χ2v) is 5.71. The molecule has 0 amide bonds. The van der Waals surface area contributed by atoms with Crippen molar-refractivity contribution in [2.45, 2.75) is 0 Å². The molecule has 5 nitrogen and oxygen atoms in total. The van der Waals surface area contributed by atoms with Crippen LogP contribution in [-0.4, -0.2) is 31.4 Å². The van der Waals surface area contributed by atoms with Crippen molar-refractivity contribution >= 4 is 38.9 Å². The molecule has 0 aliphatic rings. The van der Waals surface area contributed by atoms with Crippen LogP contribution in [0.1, 0.15) is 15.9 Å². The van der Waals surface area contributed by atoms with Crippen LogP contribution >= 0.6 is 11.3 Å². The van der Waals surface area contributed by atoms with E-state index in [0.29, 0.717) is 10.7 Å². The number of ether oxygens (including phenoxy) is 2. The van der Waals surface area contributed by atoms with Crippen LogP contribution < -0.4 is 4.74 Å². The van der Waals surface area contributed by atoms with Crippen molar-refractivity contribution in [3.05, 3.63) is 53.6 Å². The molecule has 0 radical (unpaired) electrons. The van der Waals surface area contributed by atoms with Crippen LogP contribution in [0.25, 0.3) is 10.2 Å². The third-order valence-corrected chi connectivity index (χ3v) is 4.14. The van der Waals surface area contributed by atoms with E-state index in [1.165, 1.54) is 18.4 Å². The largest absolute Gasteiger partial charge is 0.497 e. The summed E-state index contributed by atoms with van der Waals surface area (Å²) >= 11 is 1.42. The van der Waals surface area contributed by atoms with Crippen LogP contribution in [0.2, 0.25) is 0 Å². The smallest absolute Gasteiger partial charge is 0.337 e. The standard InChI is InChI=1S/C17H14N2O3S/c1-21-13-5-3-4-11(8-13)10-18-17-19-14-7-6-12(16(20)22-2)9-15(14)23-17/h3-10H,1-2H3/b18-10+. The van der Waals surface area contributed by atoms with Crippen LogP contribution in [0.4, 0.5) is 5.13 Å². The summed E-state index contributed by atoms with van der Waals surface area (Å²) < 4.78 is 10.8. The molecule has 0 saturated heterocycles. The first kappa shape index (κ1) is 15.2. The molecule has 0 aliphatic heterocycles. The van der Waals surface area contributed by atoms with Gasteiger partial charge in [0.25, 0.3) is 0 Å². The number of carbonyl (C=O) groups excluding carboxylic acids is 1. The maximum Gasteiger partial charge on any atom is 0.337 e. The van der Waals surface area contributed by atoms with Crippen molar-refractivity contribution in [3.63, 3.8) is 0 Å². The fraction of sp³-hybridized carbons (Fsp3) is 0.118. The Morgan fingerprint density at radius 1 is 1.22 bits per heavy atom. The van der Waals surface area contributed by atoms with Gasteiger partial charge in [-0.2, -0.15) is 0 Å². The first-order chi connectivity index (χ1) is 11.2. The zero-order chi connectivity index (χ0) is 16.2. The van der Waals surface area contributed by atoms with Gasteiger partial charge in [-0.3, -0.25) is 0 Å². The molecule has 0 bridgehead atoms. The molecule has 116 valence electrons. The van der Waals surface area contributed by atoms with Gasteiger partial charge in [0, 0.05) is 6.21 Å². The van der Waals surface area contributed by atoms with E-state index in [0.717, 1.165) is 21.5 Å². The molecular weight excluding hydrogens is 312 g/mol. The number of fused-ring (bicyclic) bond motifs is 1. The molecule has 0 spiro atoms. The lowest BCUT2D eigenvalue weighted by Crippen LogP contribution is -1.99. The van der Waals surface area contributed by atoms with Crippen LogP contribution in [-0.2, 0) is 4.74 Å². The van der Waals surface area contributed by atoms with E-state index in [4.69, 9.17) is 9.47 Å². The quantitative estimate of drug-likeness (QED) is 0.540. The lowest BCUT2D eigenvalue weighted by molar-refractivity contribution is 0.0601. The predicted octanol–water partition coefficient (Wildman–Crippen LogP) is 3.84. The van der Waals surface area contributed by atoms with E-state index in [-0.39, 0.29) is 5.97 Å². The third-order valence-electron chi connectivity index (χ3n) is 3.22. The van der Waals surface area contributed by atoms with Crippen LogP contribution in [0.3, 0.4) is 0 Å². The van der Waals surface area contributed by atoms with Crippen molar-refractivity contribution < 1.29 is 14.3 Å². The van der Waals surface area contributed by atoms with Gasteiger partial charge < -0.3 is 9.47 Å². The fourth-order valence-electron chi connectivity index (χ4n) is 2.06. The van der Waals surface area contributed by atoms with Crippen molar-refractivity contribution in [2.75, 3.05) is 14.2 Å². The summed E-state index contributed by atoms with van der Waals surface area (Å²) in [4.78, 5) is 20.4. The molecule has 3 aromatic rings. The number of benzene rings is 2. The Morgan fingerprint density at radius 3 is 2.87 bits per heavy atom. The van der Waals surface area contributed by atoms with E-state index in [1.54, 1.807) is 31.5 Å². The van der Waals surface area contributed by atoms with Crippen LogP contribution in [0.15, 0.2) is 47.5 Å². The van der Waals surface area contributed by atoms with E-state index in [9.17, 15) is 4.79 Å². The van der Waals surface area contributed by atoms with Crippen molar-refractivity contribution in [1.29, 1.82) is 0 Å². The first-order valence-electron chi connectivity index (χ1n) is 6.86. The van der Waals surface area contributed by atoms with Crippen molar-refractivity contribution in [2.24, 2.45) is 4.99 Å². The highest BCUT2D eigenvalue weighted by atomic mass is 32.1. The maximum absolute atomic E-state index is 11.6. The van der Waals surface area contributed by atoms with Crippen molar-refractivity contribution in [3.8, 4) is 5.75 Å². The Bertz CT molecular complexity index is 886. The minimum absolute atomic E-state index is 0.360. The number of thiazole rings is 1. The zero-order valence-electron chi connectivity index (χ0n) is 12.6. The van der Waals surface area contributed by atoms with Crippen molar-refractivity contribution in [1.82, 2.24) is 4.98 Å². The van der Waals surface area contributed by atoms with Gasteiger partial charge in [-0.05, 0) is 35.9 Å². The highest BCUT2D eigenvalue weighted by molar-refractivity contribution is 7.22. The monoisotopic (exact) mass is 326 g/mol. The number of esters is 1. The summed E-state index contributed by atoms with van der Waals surface area (Å²) in [5.41, 5.74) is 2.24. The van der Waals surface area contributed by atoms with E-state index >= 15 is 0 Å². The fourth-order valence-corrected chi connectivity index (χ4v) is 2.91. The Labute approximate surface area is 137 Å². The number of nitrogens with zero attached hydrogens (tertiary/aromatic N) is 2. The Kier molecular flexibility index (Phi) is 4.34. The predicted molar refractivity (Wildman–Crippen MR) is 91.2 cm³/mol. The second kappa shape index (κ2) is 6.58. The Balaban J connectivity index is 1.88. The number of aliphatic imine (C=N–C) groups is 1. The van der Waals surface area contributed by atoms with Gasteiger partial charge in [-0.25, -0.2) is 14.8 Å². The van der Waals surface area contributed by atoms with Gasteiger partial charge in [0.2, 0.25) is 5.13 Å². The topological polar surface area (TPSA) is 60.8 Å². The number of hydrogen-bond acceptors (Lipinski definition) is 6. The molecular formula is C17H14N2O3S. The van der Waals surface area contributed by atoms with Crippen LogP contribution in [0.5, 0.6) is 5.75 Å². The molecule has 2 aromatic carbocycles. The minimum atomic E-state index is -0.360. The summed E-state index contributed by atoms with van der Waals surface area (Å²) in [6.45, 7) is 0. The molecule has 0 atom stereocenters. The number of carbonyl (C=O) groups is 1. The van der Waals surface area contributed by atoms with Gasteiger partial charge >= 0.3 is 5.97 Å². The van der Waals surface area contributed by atoms with Crippen LogP contribution in [0, 0.1) is 0 Å². The average Bonchev–Trinajstić information content (AvgIpc) is 3.01. The Hall–Kier alpha value is -2.73. The first-order valence-corrected chi connectivity index (χ1v) is 7.68. The van der Waals surface area contributed by atoms with Gasteiger partial charge in [0.15, 0.2) is 0 Å². The van der Waals surface area contributed by atoms with E-state index in [2.05, 4.69) is 9.98 Å². The summed E-state index contributed by atoms with van der Waals surface area (Å²) in [6.07, 6.45) is 1.74. The summed E-state index contributed by atoms with van der Waals surface area (Å²) in [6, 6.07) is 12.9. The highest BCUT2D eigenvalue weighted by Gasteiger charge is 2.09. The molecule has 23 heavy (non-hydrogen) atoms. The molecule has 1 aromatic heterocycles. The molecule has 0 N–H and O–H groups in total. The maximum atomic E-state index is 11.6. The number of methoxy groups -OCH3 is 2. The number of rotatable bonds is 4. The minimum Gasteiger partial charge on any atom is -0.497 e. The van der Waals surface area contributed by atoms with E-state index in [1.807, 2.05) is 24.3 Å². The summed E-state index contributed by atoms with van der Waals surface area (Å²) in [5.74, 6) is 0.419. The number of aromatic nitrogens is 1. The third kappa shape index (κ3) is 3.37. The van der Waals surface area contributed by atoms with Gasteiger partial charge in [-0.1, -0.05) is 23.5 Å². The SMILES string of the molecule is COC(=O)c1ccc2nc(/N=C/c3cccc(OC)c3)sc2c1. The van der Waals surface area contributed by atoms with Gasteiger partial charge in [0.05, 0.1) is 30.0 Å². The molecule has 1 heterocycles.